The Balaban J connectivity index is 1.52. The number of nitrogens with one attached hydrogen (secondary N) is 1. The number of likely N-dealkylation sites (tertiary alicyclic amines) is 2. The lowest BCUT2D eigenvalue weighted by Crippen LogP contribution is -2.46. The molecular weight excluding hydrogens is 314 g/mol. The van der Waals surface area contributed by atoms with Crippen LogP contribution in [0.3, 0.4) is 0 Å². The molecule has 1 N–H and O–H groups in total. The Morgan fingerprint density at radius 1 is 1.20 bits per heavy atom. The lowest BCUT2D eigenvalue weighted by atomic mass is 9.89. The minimum absolute atomic E-state index is 0.0267. The summed E-state index contributed by atoms with van der Waals surface area (Å²) in [7, 11) is 0. The van der Waals surface area contributed by atoms with Crippen molar-refractivity contribution >= 4 is 11.9 Å². The van der Waals surface area contributed by atoms with Crippen molar-refractivity contribution in [1.29, 1.82) is 0 Å². The van der Waals surface area contributed by atoms with Gasteiger partial charge in [-0.25, -0.2) is 4.79 Å². The SMILES string of the molecule is C[C@H]1CCN(C(=O)NCc2cccc(CN3CCCC3=O)c2)C[C@@H]1C. The van der Waals surface area contributed by atoms with Crippen LogP contribution in [-0.2, 0) is 17.9 Å². The summed E-state index contributed by atoms with van der Waals surface area (Å²) in [6.07, 6.45) is 2.71. The maximum Gasteiger partial charge on any atom is 0.317 e. The van der Waals surface area contributed by atoms with Crippen LogP contribution in [0, 0.1) is 11.8 Å². The highest BCUT2D eigenvalue weighted by atomic mass is 16.2. The number of urea groups is 1. The van der Waals surface area contributed by atoms with Crippen molar-refractivity contribution in [3.05, 3.63) is 35.4 Å². The highest BCUT2D eigenvalue weighted by molar-refractivity contribution is 5.78. The van der Waals surface area contributed by atoms with E-state index in [1.54, 1.807) is 0 Å². The Hall–Kier alpha value is -2.04. The van der Waals surface area contributed by atoms with E-state index in [0.29, 0.717) is 31.3 Å². The van der Waals surface area contributed by atoms with Crippen molar-refractivity contribution in [2.75, 3.05) is 19.6 Å². The monoisotopic (exact) mass is 343 g/mol. The molecule has 0 radical (unpaired) electrons. The molecule has 3 amide bonds. The van der Waals surface area contributed by atoms with Crippen molar-refractivity contribution in [2.45, 2.75) is 46.2 Å². The van der Waals surface area contributed by atoms with Crippen LogP contribution in [0.1, 0.15) is 44.2 Å². The molecule has 0 aromatic heterocycles. The van der Waals surface area contributed by atoms with Crippen LogP contribution >= 0.6 is 0 Å². The highest BCUT2D eigenvalue weighted by Crippen LogP contribution is 2.22. The summed E-state index contributed by atoms with van der Waals surface area (Å²) in [6, 6.07) is 8.19. The molecule has 5 heteroatoms. The molecule has 2 fully saturated rings. The fourth-order valence-electron chi connectivity index (χ4n) is 3.67. The molecule has 0 bridgehead atoms. The number of nitrogens with zero attached hydrogens (tertiary/aromatic N) is 2. The Labute approximate surface area is 150 Å². The summed E-state index contributed by atoms with van der Waals surface area (Å²) in [6.45, 7) is 8.21. The molecule has 2 aliphatic rings. The van der Waals surface area contributed by atoms with Gasteiger partial charge in [0.1, 0.15) is 0 Å². The molecule has 0 spiro atoms. The number of carbonyl (C=O) groups excluding carboxylic acids is 2. The Kier molecular flexibility index (Phi) is 5.61. The van der Waals surface area contributed by atoms with Gasteiger partial charge in [0.15, 0.2) is 0 Å². The van der Waals surface area contributed by atoms with Gasteiger partial charge in [-0.15, -0.1) is 0 Å². The summed E-state index contributed by atoms with van der Waals surface area (Å²) >= 11 is 0. The number of hydrogen-bond donors (Lipinski definition) is 1. The lowest BCUT2D eigenvalue weighted by molar-refractivity contribution is -0.128. The average molecular weight is 343 g/mol. The predicted octanol–water partition coefficient (Wildman–Crippen LogP) is 3.00. The van der Waals surface area contributed by atoms with E-state index in [1.165, 1.54) is 0 Å². The molecule has 0 unspecified atom stereocenters. The zero-order chi connectivity index (χ0) is 17.8. The van der Waals surface area contributed by atoms with Gasteiger partial charge in [-0.2, -0.15) is 0 Å². The van der Waals surface area contributed by atoms with Gasteiger partial charge in [0.05, 0.1) is 0 Å². The maximum absolute atomic E-state index is 12.4. The van der Waals surface area contributed by atoms with Crippen molar-refractivity contribution < 1.29 is 9.59 Å². The first-order valence-electron chi connectivity index (χ1n) is 9.41. The second-order valence-electron chi connectivity index (χ2n) is 7.59. The van der Waals surface area contributed by atoms with Gasteiger partial charge in [-0.1, -0.05) is 38.1 Å². The van der Waals surface area contributed by atoms with E-state index in [1.807, 2.05) is 28.0 Å². The van der Waals surface area contributed by atoms with E-state index in [-0.39, 0.29) is 11.9 Å². The van der Waals surface area contributed by atoms with Crippen molar-refractivity contribution in [2.24, 2.45) is 11.8 Å². The van der Waals surface area contributed by atoms with Crippen molar-refractivity contribution in [1.82, 2.24) is 15.1 Å². The summed E-state index contributed by atoms with van der Waals surface area (Å²) in [4.78, 5) is 28.0. The van der Waals surface area contributed by atoms with Crippen LogP contribution in [0.5, 0.6) is 0 Å². The molecule has 5 nitrogen and oxygen atoms in total. The van der Waals surface area contributed by atoms with E-state index in [4.69, 9.17) is 0 Å². The van der Waals surface area contributed by atoms with Gasteiger partial charge in [0, 0.05) is 39.1 Å². The van der Waals surface area contributed by atoms with Crippen LogP contribution < -0.4 is 5.32 Å². The molecule has 25 heavy (non-hydrogen) atoms. The molecular formula is C20H29N3O2. The standard InChI is InChI=1S/C20H29N3O2/c1-15-8-10-23(13-16(15)2)20(25)21-12-17-5-3-6-18(11-17)14-22-9-4-7-19(22)24/h3,5-6,11,15-16H,4,7-10,12-14H2,1-2H3,(H,21,25)/t15-,16-/m0/s1. The second-order valence-corrected chi connectivity index (χ2v) is 7.59. The number of carbonyl (C=O) groups is 2. The quantitative estimate of drug-likeness (QED) is 0.914. The molecule has 1 aromatic rings. The van der Waals surface area contributed by atoms with Crippen LogP contribution in [0.4, 0.5) is 4.79 Å². The van der Waals surface area contributed by atoms with Crippen LogP contribution in [0.25, 0.3) is 0 Å². The van der Waals surface area contributed by atoms with E-state index in [9.17, 15) is 9.59 Å². The summed E-state index contributed by atoms with van der Waals surface area (Å²) < 4.78 is 0. The predicted molar refractivity (Wildman–Crippen MR) is 97.8 cm³/mol. The van der Waals surface area contributed by atoms with Gasteiger partial charge in [-0.05, 0) is 35.8 Å². The molecule has 136 valence electrons. The zero-order valence-corrected chi connectivity index (χ0v) is 15.3. The first-order valence-corrected chi connectivity index (χ1v) is 9.41. The average Bonchev–Trinajstić information content (AvgIpc) is 3.00. The second kappa shape index (κ2) is 7.89. The molecule has 1 aromatic carbocycles. The minimum Gasteiger partial charge on any atom is -0.338 e. The Morgan fingerprint density at radius 3 is 2.72 bits per heavy atom. The number of amides is 3. The van der Waals surface area contributed by atoms with Crippen LogP contribution in [0.2, 0.25) is 0 Å². The van der Waals surface area contributed by atoms with E-state index in [2.05, 4.69) is 25.2 Å². The van der Waals surface area contributed by atoms with Crippen molar-refractivity contribution in [3.8, 4) is 0 Å². The summed E-state index contributed by atoms with van der Waals surface area (Å²) in [5, 5.41) is 3.04. The van der Waals surface area contributed by atoms with Gasteiger partial charge in [0.2, 0.25) is 5.91 Å². The Morgan fingerprint density at radius 2 is 2.00 bits per heavy atom. The molecule has 0 aliphatic carbocycles. The normalized spacial score (nSPS) is 23.8. The summed E-state index contributed by atoms with van der Waals surface area (Å²) in [5.41, 5.74) is 2.21. The first kappa shape index (κ1) is 17.8. The first-order chi connectivity index (χ1) is 12.0. The number of hydrogen-bond acceptors (Lipinski definition) is 2. The third-order valence-electron chi connectivity index (χ3n) is 5.60. The van der Waals surface area contributed by atoms with Crippen molar-refractivity contribution in [3.63, 3.8) is 0 Å². The van der Waals surface area contributed by atoms with E-state index in [0.717, 1.165) is 43.6 Å². The molecule has 2 saturated heterocycles. The zero-order valence-electron chi connectivity index (χ0n) is 15.3. The van der Waals surface area contributed by atoms with Crippen LogP contribution in [0.15, 0.2) is 24.3 Å². The van der Waals surface area contributed by atoms with E-state index >= 15 is 0 Å². The maximum atomic E-state index is 12.4. The minimum atomic E-state index is 0.0267. The fourth-order valence-corrected chi connectivity index (χ4v) is 3.67. The summed E-state index contributed by atoms with van der Waals surface area (Å²) in [5.74, 6) is 1.49. The smallest absolute Gasteiger partial charge is 0.317 e. The number of piperidine rings is 1. The lowest BCUT2D eigenvalue weighted by Gasteiger charge is -2.35. The third-order valence-corrected chi connectivity index (χ3v) is 5.60. The van der Waals surface area contributed by atoms with Gasteiger partial charge < -0.3 is 15.1 Å². The largest absolute Gasteiger partial charge is 0.338 e. The highest BCUT2D eigenvalue weighted by Gasteiger charge is 2.25. The Bertz CT molecular complexity index is 631. The number of rotatable bonds is 4. The fraction of sp³-hybridized carbons (Fsp3) is 0.600. The molecule has 3 rings (SSSR count). The third kappa shape index (κ3) is 4.53. The molecule has 2 aliphatic heterocycles. The van der Waals surface area contributed by atoms with Gasteiger partial charge in [-0.3, -0.25) is 4.79 Å². The van der Waals surface area contributed by atoms with E-state index < -0.39 is 0 Å². The van der Waals surface area contributed by atoms with Gasteiger partial charge >= 0.3 is 6.03 Å². The molecule has 2 heterocycles. The van der Waals surface area contributed by atoms with Crippen LogP contribution in [-0.4, -0.2) is 41.4 Å². The molecule has 2 atom stereocenters. The molecule has 0 saturated carbocycles. The number of benzene rings is 1. The topological polar surface area (TPSA) is 52.7 Å². The van der Waals surface area contributed by atoms with Gasteiger partial charge in [0.25, 0.3) is 0 Å².